The molecule has 0 spiro atoms. The van der Waals surface area contributed by atoms with Gasteiger partial charge in [0.15, 0.2) is 5.69 Å². The Balaban J connectivity index is 1.49. The predicted molar refractivity (Wildman–Crippen MR) is 90.9 cm³/mol. The largest absolute Gasteiger partial charge is 0.319 e. The maximum atomic E-state index is 12.4. The molecule has 2 aromatic heterocycles. The fourth-order valence-corrected chi connectivity index (χ4v) is 2.96. The minimum absolute atomic E-state index is 0.271. The van der Waals surface area contributed by atoms with Crippen molar-refractivity contribution in [3.05, 3.63) is 48.4 Å². The second-order valence-electron chi connectivity index (χ2n) is 5.94. The minimum Gasteiger partial charge on any atom is -0.319 e. The molecule has 0 unspecified atom stereocenters. The molecular weight excluding hydrogens is 304 g/mol. The van der Waals surface area contributed by atoms with Gasteiger partial charge in [0.05, 0.1) is 29.6 Å². The third-order valence-electron chi connectivity index (χ3n) is 4.27. The van der Waals surface area contributed by atoms with Crippen LogP contribution in [0.4, 0.5) is 5.69 Å². The number of piperidine rings is 1. The summed E-state index contributed by atoms with van der Waals surface area (Å²) in [5.41, 5.74) is 1.86. The van der Waals surface area contributed by atoms with Gasteiger partial charge in [-0.1, -0.05) is 23.4 Å². The number of pyridine rings is 1. The Morgan fingerprint density at radius 1 is 1.25 bits per heavy atom. The summed E-state index contributed by atoms with van der Waals surface area (Å²) in [7, 11) is 0. The summed E-state index contributed by atoms with van der Waals surface area (Å²) >= 11 is 0. The van der Waals surface area contributed by atoms with Crippen LogP contribution in [0.25, 0.3) is 10.9 Å². The number of benzene rings is 1. The zero-order chi connectivity index (χ0) is 16.4. The van der Waals surface area contributed by atoms with Gasteiger partial charge in [-0.05, 0) is 38.1 Å². The molecule has 4 rings (SSSR count). The van der Waals surface area contributed by atoms with Crippen LogP contribution in [0.15, 0.2) is 42.7 Å². The number of rotatable bonds is 3. The van der Waals surface area contributed by atoms with Crippen molar-refractivity contribution < 1.29 is 4.79 Å². The van der Waals surface area contributed by atoms with E-state index in [1.54, 1.807) is 17.1 Å². The van der Waals surface area contributed by atoms with Crippen LogP contribution in [0.5, 0.6) is 0 Å². The van der Waals surface area contributed by atoms with Crippen LogP contribution >= 0.6 is 0 Å². The molecule has 7 heteroatoms. The zero-order valence-corrected chi connectivity index (χ0v) is 13.1. The number of hydrogen-bond acceptors (Lipinski definition) is 5. The summed E-state index contributed by atoms with van der Waals surface area (Å²) in [6, 6.07) is 9.99. The SMILES string of the molecule is O=C(Nc1cnc2ccccc2c1)c1cn(C2CCNCC2)nn1. The average molecular weight is 322 g/mol. The molecule has 0 saturated carbocycles. The van der Waals surface area contributed by atoms with Crippen molar-refractivity contribution in [3.8, 4) is 0 Å². The van der Waals surface area contributed by atoms with Crippen molar-refractivity contribution in [3.63, 3.8) is 0 Å². The molecule has 1 aliphatic heterocycles. The summed E-state index contributed by atoms with van der Waals surface area (Å²) in [6.07, 6.45) is 5.37. The van der Waals surface area contributed by atoms with Gasteiger partial charge in [0.25, 0.3) is 5.91 Å². The van der Waals surface area contributed by atoms with Crippen LogP contribution in [0, 0.1) is 0 Å². The Kier molecular flexibility index (Phi) is 3.92. The number of carbonyl (C=O) groups is 1. The van der Waals surface area contributed by atoms with Crippen molar-refractivity contribution >= 4 is 22.5 Å². The highest BCUT2D eigenvalue weighted by Crippen LogP contribution is 2.18. The molecule has 0 radical (unpaired) electrons. The summed E-state index contributed by atoms with van der Waals surface area (Å²) in [5, 5.41) is 15.3. The van der Waals surface area contributed by atoms with Gasteiger partial charge in [-0.15, -0.1) is 5.10 Å². The molecule has 0 aliphatic carbocycles. The number of anilines is 1. The number of para-hydroxylation sites is 1. The fourth-order valence-electron chi connectivity index (χ4n) is 2.96. The highest BCUT2D eigenvalue weighted by Gasteiger charge is 2.18. The highest BCUT2D eigenvalue weighted by atomic mass is 16.2. The van der Waals surface area contributed by atoms with E-state index < -0.39 is 0 Å². The number of nitrogens with zero attached hydrogens (tertiary/aromatic N) is 4. The molecule has 0 bridgehead atoms. The topological polar surface area (TPSA) is 84.7 Å². The van der Waals surface area contributed by atoms with Gasteiger partial charge in [0.1, 0.15) is 0 Å². The van der Waals surface area contributed by atoms with Crippen molar-refractivity contribution in [2.75, 3.05) is 18.4 Å². The minimum atomic E-state index is -0.271. The lowest BCUT2D eigenvalue weighted by molar-refractivity contribution is 0.102. The van der Waals surface area contributed by atoms with E-state index >= 15 is 0 Å². The molecular formula is C17H18N6O. The van der Waals surface area contributed by atoms with Crippen LogP contribution in [0.2, 0.25) is 0 Å². The summed E-state index contributed by atoms with van der Waals surface area (Å²) in [4.78, 5) is 16.7. The van der Waals surface area contributed by atoms with Gasteiger partial charge >= 0.3 is 0 Å². The van der Waals surface area contributed by atoms with Crippen LogP contribution in [0.3, 0.4) is 0 Å². The van der Waals surface area contributed by atoms with E-state index in [9.17, 15) is 4.79 Å². The Labute approximate surface area is 139 Å². The maximum Gasteiger partial charge on any atom is 0.277 e. The Hall–Kier alpha value is -2.80. The maximum absolute atomic E-state index is 12.4. The van der Waals surface area contributed by atoms with Gasteiger partial charge in [0, 0.05) is 5.39 Å². The molecule has 122 valence electrons. The zero-order valence-electron chi connectivity index (χ0n) is 13.1. The van der Waals surface area contributed by atoms with E-state index in [4.69, 9.17) is 0 Å². The monoisotopic (exact) mass is 322 g/mol. The van der Waals surface area contributed by atoms with Crippen LogP contribution in [-0.4, -0.2) is 39.0 Å². The van der Waals surface area contributed by atoms with E-state index in [1.165, 1.54) is 0 Å². The van der Waals surface area contributed by atoms with Crippen molar-refractivity contribution in [1.29, 1.82) is 0 Å². The van der Waals surface area contributed by atoms with Crippen molar-refractivity contribution in [2.24, 2.45) is 0 Å². The average Bonchev–Trinajstić information content (AvgIpc) is 3.13. The first kappa shape index (κ1) is 14.8. The Bertz CT molecular complexity index is 868. The van der Waals surface area contributed by atoms with E-state index in [0.29, 0.717) is 17.4 Å². The molecule has 3 aromatic rings. The van der Waals surface area contributed by atoms with Gasteiger partial charge in [-0.3, -0.25) is 9.78 Å². The quantitative estimate of drug-likeness (QED) is 0.770. The molecule has 3 heterocycles. The van der Waals surface area contributed by atoms with Crippen LogP contribution in [0.1, 0.15) is 29.4 Å². The van der Waals surface area contributed by atoms with Gasteiger partial charge < -0.3 is 10.6 Å². The summed E-state index contributed by atoms with van der Waals surface area (Å²) < 4.78 is 1.80. The Morgan fingerprint density at radius 2 is 2.08 bits per heavy atom. The third kappa shape index (κ3) is 2.98. The van der Waals surface area contributed by atoms with Gasteiger partial charge in [-0.25, -0.2) is 4.68 Å². The highest BCUT2D eigenvalue weighted by molar-refractivity contribution is 6.03. The normalized spacial score (nSPS) is 15.5. The van der Waals surface area contributed by atoms with Gasteiger partial charge in [-0.2, -0.15) is 0 Å². The Morgan fingerprint density at radius 3 is 2.96 bits per heavy atom. The number of amides is 1. The molecule has 1 aromatic carbocycles. The first-order valence-electron chi connectivity index (χ1n) is 8.08. The summed E-state index contributed by atoms with van der Waals surface area (Å²) in [6.45, 7) is 1.93. The second kappa shape index (κ2) is 6.37. The van der Waals surface area contributed by atoms with E-state index in [1.807, 2.05) is 30.3 Å². The van der Waals surface area contributed by atoms with Gasteiger partial charge in [0.2, 0.25) is 0 Å². The number of carbonyl (C=O) groups excluding carboxylic acids is 1. The smallest absolute Gasteiger partial charge is 0.277 e. The first-order chi connectivity index (χ1) is 11.8. The summed E-state index contributed by atoms with van der Waals surface area (Å²) in [5.74, 6) is -0.271. The molecule has 0 atom stereocenters. The molecule has 7 nitrogen and oxygen atoms in total. The molecule has 2 N–H and O–H groups in total. The number of nitrogens with one attached hydrogen (secondary N) is 2. The van der Waals surface area contributed by atoms with E-state index in [0.717, 1.165) is 36.8 Å². The lowest BCUT2D eigenvalue weighted by atomic mass is 10.1. The molecule has 1 saturated heterocycles. The van der Waals surface area contributed by atoms with Crippen molar-refractivity contribution in [2.45, 2.75) is 18.9 Å². The number of fused-ring (bicyclic) bond motifs is 1. The number of aromatic nitrogens is 4. The third-order valence-corrected chi connectivity index (χ3v) is 4.27. The molecule has 1 aliphatic rings. The second-order valence-corrected chi connectivity index (χ2v) is 5.94. The van der Waals surface area contributed by atoms with Crippen LogP contribution < -0.4 is 10.6 Å². The van der Waals surface area contributed by atoms with E-state index in [2.05, 4.69) is 25.9 Å². The first-order valence-corrected chi connectivity index (χ1v) is 8.08. The molecule has 24 heavy (non-hydrogen) atoms. The van der Waals surface area contributed by atoms with Crippen molar-refractivity contribution in [1.82, 2.24) is 25.3 Å². The lowest BCUT2D eigenvalue weighted by Gasteiger charge is -2.22. The molecule has 1 fully saturated rings. The van der Waals surface area contributed by atoms with Crippen LogP contribution in [-0.2, 0) is 0 Å². The number of hydrogen-bond donors (Lipinski definition) is 2. The predicted octanol–water partition coefficient (Wildman–Crippen LogP) is 2.00. The standard InChI is InChI=1S/C17H18N6O/c24-17(16-11-23(22-21-16)14-5-7-18-8-6-14)20-13-9-12-3-1-2-4-15(12)19-10-13/h1-4,9-11,14,18H,5-8H2,(H,20,24). The van der Waals surface area contributed by atoms with E-state index in [-0.39, 0.29) is 5.91 Å². The molecule has 1 amide bonds. The fraction of sp³-hybridized carbons (Fsp3) is 0.294. The lowest BCUT2D eigenvalue weighted by Crippen LogP contribution is -2.29.